The van der Waals surface area contributed by atoms with Gasteiger partial charge in [0.15, 0.2) is 5.82 Å². The molecule has 0 aromatic carbocycles. The van der Waals surface area contributed by atoms with Crippen molar-refractivity contribution in [3.8, 4) is 0 Å². The molecule has 2 aromatic rings. The molecule has 2 atom stereocenters. The van der Waals surface area contributed by atoms with E-state index in [2.05, 4.69) is 36.3 Å². The molecule has 3 heterocycles. The van der Waals surface area contributed by atoms with E-state index in [0.717, 1.165) is 29.0 Å². The summed E-state index contributed by atoms with van der Waals surface area (Å²) in [5, 5.41) is 17.6. The van der Waals surface area contributed by atoms with Crippen LogP contribution in [0.5, 0.6) is 0 Å². The maximum atomic E-state index is 5.54. The minimum atomic E-state index is -0.0562. The first kappa shape index (κ1) is 13.0. The Morgan fingerprint density at radius 3 is 2.79 bits per heavy atom. The van der Waals surface area contributed by atoms with Gasteiger partial charge in [-0.1, -0.05) is 32.1 Å². The lowest BCUT2D eigenvalue weighted by atomic mass is 9.96. The number of nitrogens with zero attached hydrogens (tertiary/aromatic N) is 4. The third kappa shape index (κ3) is 2.15. The third-order valence-corrected chi connectivity index (χ3v) is 4.48. The van der Waals surface area contributed by atoms with Crippen LogP contribution < -0.4 is 5.32 Å². The van der Waals surface area contributed by atoms with Gasteiger partial charge in [-0.2, -0.15) is 9.61 Å². The minimum absolute atomic E-state index is 0.0562. The molecule has 19 heavy (non-hydrogen) atoms. The maximum Gasteiger partial charge on any atom is 0.234 e. The van der Waals surface area contributed by atoms with Crippen LogP contribution in [0.15, 0.2) is 0 Å². The molecule has 0 amide bonds. The summed E-state index contributed by atoms with van der Waals surface area (Å²) in [5.74, 6) is 1.22. The van der Waals surface area contributed by atoms with Crippen molar-refractivity contribution in [1.82, 2.24) is 25.1 Å². The van der Waals surface area contributed by atoms with Crippen molar-refractivity contribution in [3.63, 3.8) is 0 Å². The van der Waals surface area contributed by atoms with Gasteiger partial charge >= 0.3 is 0 Å². The van der Waals surface area contributed by atoms with Gasteiger partial charge in [-0.05, 0) is 7.05 Å². The number of likely N-dealkylation sites (N-methyl/N-ethyl adjacent to an activating group) is 1. The summed E-state index contributed by atoms with van der Waals surface area (Å²) in [6.07, 6.45) is 0. The van der Waals surface area contributed by atoms with E-state index in [9.17, 15) is 0 Å². The average molecular weight is 281 g/mol. The molecule has 6 nitrogen and oxygen atoms in total. The monoisotopic (exact) mass is 281 g/mol. The van der Waals surface area contributed by atoms with Crippen molar-refractivity contribution in [2.75, 3.05) is 20.3 Å². The second-order valence-corrected chi connectivity index (χ2v) is 6.93. The van der Waals surface area contributed by atoms with E-state index in [0.29, 0.717) is 12.0 Å². The van der Waals surface area contributed by atoms with Gasteiger partial charge in [0, 0.05) is 11.5 Å². The van der Waals surface area contributed by atoms with Crippen molar-refractivity contribution < 1.29 is 4.74 Å². The number of ether oxygens (including phenoxy) is 1. The number of rotatable bonds is 2. The van der Waals surface area contributed by atoms with Gasteiger partial charge in [0.1, 0.15) is 5.01 Å². The molecule has 0 saturated carbocycles. The third-order valence-electron chi connectivity index (χ3n) is 3.45. The molecule has 1 N–H and O–H groups in total. The van der Waals surface area contributed by atoms with E-state index < -0.39 is 0 Å². The molecule has 1 aliphatic rings. The Labute approximate surface area is 116 Å². The molecule has 2 unspecified atom stereocenters. The average Bonchev–Trinajstić information content (AvgIpc) is 3.00. The van der Waals surface area contributed by atoms with Crippen molar-refractivity contribution >= 4 is 16.3 Å². The highest BCUT2D eigenvalue weighted by molar-refractivity contribution is 7.16. The van der Waals surface area contributed by atoms with Crippen molar-refractivity contribution in [1.29, 1.82) is 0 Å². The Kier molecular flexibility index (Phi) is 3.07. The summed E-state index contributed by atoms with van der Waals surface area (Å²) in [7, 11) is 1.97. The molecule has 2 aromatic heterocycles. The van der Waals surface area contributed by atoms with Gasteiger partial charge in [-0.15, -0.1) is 10.2 Å². The summed E-state index contributed by atoms with van der Waals surface area (Å²) in [6, 6.07) is 0.335. The number of hydrogen-bond acceptors (Lipinski definition) is 6. The molecular weight excluding hydrogens is 262 g/mol. The summed E-state index contributed by atoms with van der Waals surface area (Å²) in [4.78, 5) is 0.863. The van der Waals surface area contributed by atoms with Gasteiger partial charge in [0.05, 0.1) is 19.1 Å². The summed E-state index contributed by atoms with van der Waals surface area (Å²) in [5.41, 5.74) is -0.0562. The largest absolute Gasteiger partial charge is 0.379 e. The van der Waals surface area contributed by atoms with Gasteiger partial charge in [0.2, 0.25) is 4.96 Å². The van der Waals surface area contributed by atoms with E-state index in [1.807, 2.05) is 11.6 Å². The van der Waals surface area contributed by atoms with Crippen LogP contribution in [0.1, 0.15) is 37.5 Å². The van der Waals surface area contributed by atoms with Crippen LogP contribution in [0.3, 0.4) is 0 Å². The lowest BCUT2D eigenvalue weighted by Crippen LogP contribution is -2.31. The van der Waals surface area contributed by atoms with Crippen LogP contribution >= 0.6 is 11.3 Å². The number of fused-ring (bicyclic) bond motifs is 1. The molecule has 0 aliphatic carbocycles. The van der Waals surface area contributed by atoms with Crippen LogP contribution in [0, 0.1) is 0 Å². The number of nitrogens with one attached hydrogen (secondary N) is 1. The van der Waals surface area contributed by atoms with Gasteiger partial charge in [-0.3, -0.25) is 0 Å². The Balaban J connectivity index is 2.01. The molecule has 0 radical (unpaired) electrons. The zero-order valence-corrected chi connectivity index (χ0v) is 12.5. The highest BCUT2D eigenvalue weighted by Gasteiger charge is 2.32. The fourth-order valence-electron chi connectivity index (χ4n) is 2.33. The molecule has 3 rings (SSSR count). The van der Waals surface area contributed by atoms with E-state index in [1.54, 1.807) is 11.3 Å². The lowest BCUT2D eigenvalue weighted by molar-refractivity contribution is 0.188. The molecule has 104 valence electrons. The van der Waals surface area contributed by atoms with E-state index in [-0.39, 0.29) is 5.41 Å². The van der Waals surface area contributed by atoms with Crippen LogP contribution in [-0.2, 0) is 10.2 Å². The normalized spacial score (nSPS) is 24.4. The molecule has 1 aliphatic heterocycles. The maximum absolute atomic E-state index is 5.54. The first-order chi connectivity index (χ1) is 9.00. The lowest BCUT2D eigenvalue weighted by Gasteiger charge is -2.15. The zero-order valence-electron chi connectivity index (χ0n) is 11.7. The Morgan fingerprint density at radius 2 is 2.11 bits per heavy atom. The fraction of sp³-hybridized carbons (Fsp3) is 0.750. The second kappa shape index (κ2) is 4.50. The molecule has 1 saturated heterocycles. The predicted octanol–water partition coefficient (Wildman–Crippen LogP) is 1.19. The van der Waals surface area contributed by atoms with E-state index in [4.69, 9.17) is 9.84 Å². The number of hydrogen-bond donors (Lipinski definition) is 1. The highest BCUT2D eigenvalue weighted by Crippen LogP contribution is 2.30. The van der Waals surface area contributed by atoms with E-state index in [1.165, 1.54) is 0 Å². The molecule has 0 spiro atoms. The minimum Gasteiger partial charge on any atom is -0.379 e. The first-order valence-corrected chi connectivity index (χ1v) is 7.30. The van der Waals surface area contributed by atoms with Gasteiger partial charge < -0.3 is 10.1 Å². The second-order valence-electron chi connectivity index (χ2n) is 5.95. The summed E-state index contributed by atoms with van der Waals surface area (Å²) in [6.45, 7) is 7.83. The smallest absolute Gasteiger partial charge is 0.234 e. The highest BCUT2D eigenvalue weighted by atomic mass is 32.1. The molecule has 0 bridgehead atoms. The molecule has 1 fully saturated rings. The fourth-order valence-corrected chi connectivity index (χ4v) is 3.32. The van der Waals surface area contributed by atoms with Crippen LogP contribution in [0.25, 0.3) is 4.96 Å². The zero-order chi connectivity index (χ0) is 13.6. The van der Waals surface area contributed by atoms with Gasteiger partial charge in [-0.25, -0.2) is 0 Å². The van der Waals surface area contributed by atoms with Crippen LogP contribution in [0.2, 0.25) is 0 Å². The van der Waals surface area contributed by atoms with Crippen molar-refractivity contribution in [2.24, 2.45) is 0 Å². The van der Waals surface area contributed by atoms with Gasteiger partial charge in [0.25, 0.3) is 0 Å². The SMILES string of the molecule is CNC1COCC1c1nn2c(C(C)(C)C)nnc2s1. The van der Waals surface area contributed by atoms with Crippen LogP contribution in [-0.4, -0.2) is 46.1 Å². The summed E-state index contributed by atoms with van der Waals surface area (Å²) >= 11 is 1.61. The summed E-state index contributed by atoms with van der Waals surface area (Å²) < 4.78 is 7.42. The van der Waals surface area contributed by atoms with Crippen LogP contribution in [0.4, 0.5) is 0 Å². The Morgan fingerprint density at radius 1 is 1.32 bits per heavy atom. The Hall–Kier alpha value is -1.05. The molecule has 7 heteroatoms. The first-order valence-electron chi connectivity index (χ1n) is 6.48. The number of aromatic nitrogens is 4. The van der Waals surface area contributed by atoms with Crippen molar-refractivity contribution in [3.05, 3.63) is 10.8 Å². The van der Waals surface area contributed by atoms with Crippen molar-refractivity contribution in [2.45, 2.75) is 38.1 Å². The Bertz CT molecular complexity index is 584. The predicted molar refractivity (Wildman–Crippen MR) is 73.8 cm³/mol. The topological polar surface area (TPSA) is 64.3 Å². The quantitative estimate of drug-likeness (QED) is 0.895. The standard InChI is InChI=1S/C12H19N5OS/c1-12(2,3)10-14-15-11-17(10)16-9(19-11)7-5-18-6-8(7)13-4/h7-8,13H,5-6H2,1-4H3. The molecular formula is C12H19N5OS. The van der Waals surface area contributed by atoms with E-state index >= 15 is 0 Å².